The zero-order valence-corrected chi connectivity index (χ0v) is 10.6. The van der Waals surface area contributed by atoms with E-state index in [-0.39, 0.29) is 17.5 Å². The first-order valence-electron chi connectivity index (χ1n) is 5.98. The average Bonchev–Trinajstić information content (AvgIpc) is 2.30. The molecule has 0 bridgehead atoms. The highest BCUT2D eigenvalue weighted by atomic mass is 32.2. The monoisotopic (exact) mass is 254 g/mol. The maximum atomic E-state index is 12.0. The second-order valence-electron chi connectivity index (χ2n) is 4.56. The van der Waals surface area contributed by atoms with Gasteiger partial charge >= 0.3 is 0 Å². The molecule has 1 aromatic heterocycles. The van der Waals surface area contributed by atoms with Crippen LogP contribution in [0.15, 0.2) is 24.5 Å². The van der Waals surface area contributed by atoms with Gasteiger partial charge in [0.05, 0.1) is 11.5 Å². The molecule has 17 heavy (non-hydrogen) atoms. The molecule has 0 aliphatic carbocycles. The van der Waals surface area contributed by atoms with Crippen molar-refractivity contribution >= 4 is 9.84 Å². The van der Waals surface area contributed by atoms with Crippen LogP contribution in [0.4, 0.5) is 0 Å². The molecule has 2 heterocycles. The topological polar surface area (TPSA) is 59.1 Å². The van der Waals surface area contributed by atoms with Crippen molar-refractivity contribution in [3.05, 3.63) is 30.1 Å². The van der Waals surface area contributed by atoms with E-state index in [4.69, 9.17) is 0 Å². The van der Waals surface area contributed by atoms with Crippen LogP contribution in [-0.4, -0.2) is 31.7 Å². The van der Waals surface area contributed by atoms with Crippen LogP contribution in [0.3, 0.4) is 0 Å². The van der Waals surface area contributed by atoms with Crippen molar-refractivity contribution in [3.8, 4) is 0 Å². The van der Waals surface area contributed by atoms with Crippen LogP contribution in [-0.2, 0) is 15.6 Å². The van der Waals surface area contributed by atoms with Crippen molar-refractivity contribution in [2.75, 3.05) is 12.3 Å². The summed E-state index contributed by atoms with van der Waals surface area (Å²) in [5.74, 6) is 0.334. The van der Waals surface area contributed by atoms with Crippen molar-refractivity contribution < 1.29 is 8.42 Å². The Labute approximate surface area is 102 Å². The lowest BCUT2D eigenvalue weighted by atomic mass is 10.1. The van der Waals surface area contributed by atoms with Gasteiger partial charge in [-0.15, -0.1) is 0 Å². The standard InChI is InChI=1S/C12H18N2O2S/c15-17(16,9-11-4-3-6-13-8-11)10-12-5-1-2-7-14-12/h3-4,6,8,12,14H,1-2,5,7,9-10H2/t12-/m0/s1. The highest BCUT2D eigenvalue weighted by Gasteiger charge is 2.21. The third kappa shape index (κ3) is 4.09. The van der Waals surface area contributed by atoms with Gasteiger partial charge in [0.25, 0.3) is 0 Å². The lowest BCUT2D eigenvalue weighted by Gasteiger charge is -2.23. The van der Waals surface area contributed by atoms with E-state index in [1.54, 1.807) is 24.5 Å². The van der Waals surface area contributed by atoms with E-state index < -0.39 is 9.84 Å². The molecule has 1 aliphatic heterocycles. The van der Waals surface area contributed by atoms with Crippen molar-refractivity contribution in [2.45, 2.75) is 31.1 Å². The Bertz CT molecular complexity index is 439. The van der Waals surface area contributed by atoms with Crippen LogP contribution in [0.5, 0.6) is 0 Å². The van der Waals surface area contributed by atoms with Crippen molar-refractivity contribution in [2.24, 2.45) is 0 Å². The summed E-state index contributed by atoms with van der Waals surface area (Å²) >= 11 is 0. The van der Waals surface area contributed by atoms with Gasteiger partial charge in [-0.2, -0.15) is 0 Å². The van der Waals surface area contributed by atoms with Crippen LogP contribution in [0.2, 0.25) is 0 Å². The number of aromatic nitrogens is 1. The molecule has 2 rings (SSSR count). The Morgan fingerprint density at radius 2 is 2.29 bits per heavy atom. The fourth-order valence-electron chi connectivity index (χ4n) is 2.17. The maximum Gasteiger partial charge on any atom is 0.156 e. The minimum absolute atomic E-state index is 0.0962. The highest BCUT2D eigenvalue weighted by molar-refractivity contribution is 7.90. The summed E-state index contributed by atoms with van der Waals surface area (Å²) in [6.07, 6.45) is 6.51. The maximum absolute atomic E-state index is 12.0. The summed E-state index contributed by atoms with van der Waals surface area (Å²) in [6, 6.07) is 3.70. The molecule has 1 fully saturated rings. The van der Waals surface area contributed by atoms with Crippen molar-refractivity contribution in [1.29, 1.82) is 0 Å². The summed E-state index contributed by atoms with van der Waals surface area (Å²) in [7, 11) is -3.04. The minimum atomic E-state index is -3.04. The SMILES string of the molecule is O=S(=O)(Cc1cccnc1)C[C@@H]1CCCCN1. The molecule has 0 unspecified atom stereocenters. The van der Waals surface area contributed by atoms with Gasteiger partial charge in [0.1, 0.15) is 0 Å². The van der Waals surface area contributed by atoms with Crippen LogP contribution in [0, 0.1) is 0 Å². The molecule has 5 heteroatoms. The largest absolute Gasteiger partial charge is 0.313 e. The van der Waals surface area contributed by atoms with E-state index in [9.17, 15) is 8.42 Å². The number of pyridine rings is 1. The Morgan fingerprint density at radius 3 is 2.94 bits per heavy atom. The van der Waals surface area contributed by atoms with Gasteiger partial charge < -0.3 is 5.32 Å². The van der Waals surface area contributed by atoms with Gasteiger partial charge in [-0.25, -0.2) is 8.42 Å². The molecule has 94 valence electrons. The predicted molar refractivity (Wildman–Crippen MR) is 67.4 cm³/mol. The molecule has 1 atom stereocenters. The predicted octanol–water partition coefficient (Wildman–Crippen LogP) is 1.14. The molecule has 0 radical (unpaired) electrons. The molecule has 1 saturated heterocycles. The summed E-state index contributed by atoms with van der Waals surface area (Å²) in [5.41, 5.74) is 0.767. The fraction of sp³-hybridized carbons (Fsp3) is 0.583. The number of hydrogen-bond acceptors (Lipinski definition) is 4. The van der Waals surface area contributed by atoms with Crippen LogP contribution in [0.25, 0.3) is 0 Å². The van der Waals surface area contributed by atoms with Crippen LogP contribution in [0.1, 0.15) is 24.8 Å². The van der Waals surface area contributed by atoms with Crippen LogP contribution >= 0.6 is 0 Å². The molecular formula is C12H18N2O2S. The van der Waals surface area contributed by atoms with Gasteiger partial charge in [-0.3, -0.25) is 4.98 Å². The third-order valence-electron chi connectivity index (χ3n) is 2.98. The molecule has 0 amide bonds. The lowest BCUT2D eigenvalue weighted by molar-refractivity contribution is 0.423. The minimum Gasteiger partial charge on any atom is -0.313 e. The molecular weight excluding hydrogens is 236 g/mol. The van der Waals surface area contributed by atoms with E-state index in [0.29, 0.717) is 0 Å². The molecule has 1 aliphatic rings. The molecule has 1 aromatic rings. The van der Waals surface area contributed by atoms with Gasteiger partial charge in [0.2, 0.25) is 0 Å². The van der Waals surface area contributed by atoms with E-state index in [0.717, 1.165) is 31.4 Å². The second-order valence-corrected chi connectivity index (χ2v) is 6.67. The normalized spacial score (nSPS) is 21.3. The quantitative estimate of drug-likeness (QED) is 0.875. The number of nitrogens with one attached hydrogen (secondary N) is 1. The summed E-state index contributed by atoms with van der Waals surface area (Å²) in [4.78, 5) is 3.94. The van der Waals surface area contributed by atoms with E-state index >= 15 is 0 Å². The Hall–Kier alpha value is -0.940. The lowest BCUT2D eigenvalue weighted by Crippen LogP contribution is -2.39. The summed E-state index contributed by atoms with van der Waals surface area (Å²) < 4.78 is 24.0. The molecule has 1 N–H and O–H groups in total. The van der Waals surface area contributed by atoms with Crippen molar-refractivity contribution in [1.82, 2.24) is 10.3 Å². The number of hydrogen-bond donors (Lipinski definition) is 1. The molecule has 0 spiro atoms. The zero-order valence-electron chi connectivity index (χ0n) is 9.80. The van der Waals surface area contributed by atoms with E-state index in [2.05, 4.69) is 10.3 Å². The number of rotatable bonds is 4. The number of nitrogens with zero attached hydrogens (tertiary/aromatic N) is 1. The summed E-state index contributed by atoms with van der Waals surface area (Å²) in [5, 5.41) is 3.27. The van der Waals surface area contributed by atoms with Gasteiger partial charge in [-0.05, 0) is 31.0 Å². The van der Waals surface area contributed by atoms with E-state index in [1.165, 1.54) is 0 Å². The Morgan fingerprint density at radius 1 is 1.41 bits per heavy atom. The Kier molecular flexibility index (Phi) is 4.12. The van der Waals surface area contributed by atoms with E-state index in [1.807, 2.05) is 0 Å². The molecule has 4 nitrogen and oxygen atoms in total. The smallest absolute Gasteiger partial charge is 0.156 e. The van der Waals surface area contributed by atoms with Gasteiger partial charge in [0, 0.05) is 18.4 Å². The first kappa shape index (κ1) is 12.5. The van der Waals surface area contributed by atoms with Crippen LogP contribution < -0.4 is 5.32 Å². The molecule has 0 saturated carbocycles. The zero-order chi connectivity index (χ0) is 12.1. The van der Waals surface area contributed by atoms with Gasteiger partial charge in [-0.1, -0.05) is 12.5 Å². The molecule has 0 aromatic carbocycles. The number of piperidine rings is 1. The number of sulfone groups is 1. The second kappa shape index (κ2) is 5.60. The fourth-order valence-corrected chi connectivity index (χ4v) is 3.86. The average molecular weight is 254 g/mol. The summed E-state index contributed by atoms with van der Waals surface area (Å²) in [6.45, 7) is 0.938. The van der Waals surface area contributed by atoms with Crippen molar-refractivity contribution in [3.63, 3.8) is 0 Å². The van der Waals surface area contributed by atoms with Gasteiger partial charge in [0.15, 0.2) is 9.84 Å². The Balaban J connectivity index is 1.94. The first-order valence-corrected chi connectivity index (χ1v) is 7.80. The first-order chi connectivity index (χ1) is 8.16. The highest BCUT2D eigenvalue weighted by Crippen LogP contribution is 2.12. The third-order valence-corrected chi connectivity index (χ3v) is 4.66.